The molecule has 0 aliphatic rings. The van der Waals surface area contributed by atoms with E-state index in [0.717, 1.165) is 0 Å². The van der Waals surface area contributed by atoms with Crippen molar-refractivity contribution in [3.8, 4) is 0 Å². The molecule has 0 aliphatic carbocycles. The number of hydrogen-bond acceptors (Lipinski definition) is 2. The summed E-state index contributed by atoms with van der Waals surface area (Å²) >= 11 is 0. The highest BCUT2D eigenvalue weighted by molar-refractivity contribution is 4.94. The molecule has 0 saturated heterocycles. The zero-order valence-electron chi connectivity index (χ0n) is 6.91. The van der Waals surface area contributed by atoms with E-state index in [1.54, 1.807) is 23.5 Å². The molecular formula is C7H16N3+. The van der Waals surface area contributed by atoms with Crippen molar-refractivity contribution in [2.75, 3.05) is 21.1 Å². The summed E-state index contributed by atoms with van der Waals surface area (Å²) in [6.45, 7) is 3.54. The Hall–Kier alpha value is -0.800. The Morgan fingerprint density at radius 1 is 1.40 bits per heavy atom. The van der Waals surface area contributed by atoms with Gasteiger partial charge in [-0.3, -0.25) is 0 Å². The van der Waals surface area contributed by atoms with Gasteiger partial charge in [0.25, 0.3) is 0 Å². The lowest BCUT2D eigenvalue weighted by Gasteiger charge is -2.30. The smallest absolute Gasteiger partial charge is 0.0917 e. The van der Waals surface area contributed by atoms with E-state index in [2.05, 4.69) is 6.58 Å². The van der Waals surface area contributed by atoms with Gasteiger partial charge in [0.1, 0.15) is 0 Å². The number of nitrogens with zero attached hydrogens (tertiary/aromatic N) is 2. The molecule has 0 radical (unpaired) electrons. The van der Waals surface area contributed by atoms with E-state index in [-0.39, 0.29) is 0 Å². The first-order valence-electron chi connectivity index (χ1n) is 3.13. The Bertz CT molecular complexity index is 132. The summed E-state index contributed by atoms with van der Waals surface area (Å²) < 4.78 is 0.574. The SMILES string of the molecule is C=C/C=C\N(N)[N+](C)(C)C. The molecular weight excluding hydrogens is 126 g/mol. The van der Waals surface area contributed by atoms with Crippen molar-refractivity contribution in [1.29, 1.82) is 0 Å². The number of hydrogen-bond donors (Lipinski definition) is 1. The predicted octanol–water partition coefficient (Wildman–Crippen LogP) is 0.483. The average molecular weight is 142 g/mol. The van der Waals surface area contributed by atoms with Crippen LogP contribution in [0, 0.1) is 0 Å². The number of allylic oxidation sites excluding steroid dienone is 2. The third-order valence-electron chi connectivity index (χ3n) is 1.07. The van der Waals surface area contributed by atoms with Gasteiger partial charge in [-0.25, -0.2) is 10.4 Å². The largest absolute Gasteiger partial charge is 0.214 e. The van der Waals surface area contributed by atoms with E-state index in [1.807, 2.05) is 21.1 Å². The summed E-state index contributed by atoms with van der Waals surface area (Å²) in [5.74, 6) is 5.61. The van der Waals surface area contributed by atoms with Gasteiger partial charge >= 0.3 is 0 Å². The van der Waals surface area contributed by atoms with Crippen LogP contribution in [0.1, 0.15) is 0 Å². The van der Waals surface area contributed by atoms with E-state index in [4.69, 9.17) is 5.84 Å². The summed E-state index contributed by atoms with van der Waals surface area (Å²) in [4.78, 5) is 0. The zero-order chi connectivity index (χ0) is 8.20. The lowest BCUT2D eigenvalue weighted by Crippen LogP contribution is -2.52. The molecule has 0 aliphatic heterocycles. The molecule has 0 rings (SSSR count). The van der Waals surface area contributed by atoms with Crippen LogP contribution < -0.4 is 5.84 Å². The van der Waals surface area contributed by atoms with Crippen molar-refractivity contribution in [1.82, 2.24) is 5.12 Å². The Kier molecular flexibility index (Phi) is 3.12. The zero-order valence-corrected chi connectivity index (χ0v) is 6.91. The van der Waals surface area contributed by atoms with Gasteiger partial charge in [-0.2, -0.15) is 5.12 Å². The first kappa shape index (κ1) is 9.20. The van der Waals surface area contributed by atoms with E-state index >= 15 is 0 Å². The van der Waals surface area contributed by atoms with Crippen LogP contribution in [0.25, 0.3) is 0 Å². The predicted molar refractivity (Wildman–Crippen MR) is 43.4 cm³/mol. The maximum Gasteiger partial charge on any atom is 0.0917 e. The first-order chi connectivity index (χ1) is 4.48. The van der Waals surface area contributed by atoms with Gasteiger partial charge in [-0.15, -0.1) is 0 Å². The molecule has 0 atom stereocenters. The molecule has 0 fully saturated rings. The van der Waals surface area contributed by atoms with Crippen molar-refractivity contribution in [2.24, 2.45) is 5.84 Å². The van der Waals surface area contributed by atoms with Crippen LogP contribution in [0.3, 0.4) is 0 Å². The second-order valence-electron chi connectivity index (χ2n) is 2.90. The fourth-order valence-corrected chi connectivity index (χ4v) is 0.349. The molecule has 0 amide bonds. The van der Waals surface area contributed by atoms with Crippen LogP contribution in [-0.4, -0.2) is 30.9 Å². The topological polar surface area (TPSA) is 29.3 Å². The van der Waals surface area contributed by atoms with Gasteiger partial charge < -0.3 is 0 Å². The van der Waals surface area contributed by atoms with Crippen molar-refractivity contribution in [3.05, 3.63) is 24.9 Å². The van der Waals surface area contributed by atoms with Crippen LogP contribution >= 0.6 is 0 Å². The summed E-state index contributed by atoms with van der Waals surface area (Å²) in [6, 6.07) is 0. The number of nitrogens with two attached hydrogens (primary N) is 1. The van der Waals surface area contributed by atoms with Crippen LogP contribution in [0.2, 0.25) is 0 Å². The minimum atomic E-state index is 0.574. The fourth-order valence-electron chi connectivity index (χ4n) is 0.349. The molecule has 0 aromatic rings. The lowest BCUT2D eigenvalue weighted by molar-refractivity contribution is -0.980. The molecule has 2 N–H and O–H groups in total. The normalized spacial score (nSPS) is 12.0. The van der Waals surface area contributed by atoms with E-state index in [0.29, 0.717) is 4.59 Å². The average Bonchev–Trinajstić information content (AvgIpc) is 1.80. The molecule has 0 aromatic heterocycles. The summed E-state index contributed by atoms with van der Waals surface area (Å²) in [5, 5.41) is 1.58. The quantitative estimate of drug-likeness (QED) is 0.269. The minimum Gasteiger partial charge on any atom is -0.214 e. The minimum absolute atomic E-state index is 0.574. The molecule has 3 heteroatoms. The third-order valence-corrected chi connectivity index (χ3v) is 1.07. The Morgan fingerprint density at radius 3 is 2.20 bits per heavy atom. The maximum atomic E-state index is 5.61. The third kappa shape index (κ3) is 3.27. The summed E-state index contributed by atoms with van der Waals surface area (Å²) in [6.07, 6.45) is 5.26. The lowest BCUT2D eigenvalue weighted by atomic mass is 10.6. The van der Waals surface area contributed by atoms with Crippen LogP contribution in [0.15, 0.2) is 24.9 Å². The highest BCUT2D eigenvalue weighted by Gasteiger charge is 2.10. The first-order valence-corrected chi connectivity index (χ1v) is 3.13. The molecule has 0 heterocycles. The van der Waals surface area contributed by atoms with Crippen LogP contribution in [0.4, 0.5) is 0 Å². The van der Waals surface area contributed by atoms with Crippen molar-refractivity contribution < 1.29 is 4.59 Å². The second kappa shape index (κ2) is 3.39. The van der Waals surface area contributed by atoms with Crippen molar-refractivity contribution in [3.63, 3.8) is 0 Å². The molecule has 0 saturated carbocycles. The van der Waals surface area contributed by atoms with Crippen molar-refractivity contribution in [2.45, 2.75) is 0 Å². The number of rotatable bonds is 3. The van der Waals surface area contributed by atoms with Gasteiger partial charge in [-0.05, 0) is 6.08 Å². The standard InChI is InChI=1S/C7H16N3/c1-5-6-7-9(8)10(2,3)4/h5-7H,1,8H2,2-4H3/q+1/b7-6-. The van der Waals surface area contributed by atoms with Gasteiger partial charge in [-0.1, -0.05) is 12.7 Å². The number of hydrazine groups is 1. The Labute approximate surface area is 62.6 Å². The van der Waals surface area contributed by atoms with Crippen LogP contribution in [0.5, 0.6) is 0 Å². The maximum absolute atomic E-state index is 5.61. The Morgan fingerprint density at radius 2 is 1.90 bits per heavy atom. The fraction of sp³-hybridized carbons (Fsp3) is 0.429. The van der Waals surface area contributed by atoms with Gasteiger partial charge in [0.2, 0.25) is 0 Å². The van der Waals surface area contributed by atoms with Crippen LogP contribution in [-0.2, 0) is 0 Å². The van der Waals surface area contributed by atoms with Gasteiger partial charge in [0.05, 0.1) is 27.3 Å². The number of quaternary nitrogens is 1. The Balaban J connectivity index is 3.96. The molecule has 0 unspecified atom stereocenters. The van der Waals surface area contributed by atoms with E-state index < -0.39 is 0 Å². The summed E-state index contributed by atoms with van der Waals surface area (Å²) in [7, 11) is 5.94. The molecule has 0 aromatic carbocycles. The van der Waals surface area contributed by atoms with Gasteiger partial charge in [0, 0.05) is 0 Å². The molecule has 10 heavy (non-hydrogen) atoms. The monoisotopic (exact) mass is 142 g/mol. The van der Waals surface area contributed by atoms with E-state index in [9.17, 15) is 0 Å². The highest BCUT2D eigenvalue weighted by atomic mass is 15.8. The molecule has 0 bridgehead atoms. The molecule has 0 spiro atoms. The van der Waals surface area contributed by atoms with E-state index in [1.165, 1.54) is 0 Å². The highest BCUT2D eigenvalue weighted by Crippen LogP contribution is 1.94. The molecule has 3 nitrogen and oxygen atoms in total. The van der Waals surface area contributed by atoms with Crippen molar-refractivity contribution >= 4 is 0 Å². The van der Waals surface area contributed by atoms with Gasteiger partial charge in [0.15, 0.2) is 0 Å². The molecule has 58 valence electrons. The second-order valence-corrected chi connectivity index (χ2v) is 2.90. The summed E-state index contributed by atoms with van der Waals surface area (Å²) in [5.41, 5.74) is 0.